The SMILES string of the molecule is N=C(N)Nc1ccc(C(=O)Oc2ccc(C3CCN(C(=O)CCC(=O)O)CC3)c(C3=NOC(CC(=O)O)(CC(=O)O)C3)c2)cc1. The molecule has 1 amide bonds. The van der Waals surface area contributed by atoms with Crippen molar-refractivity contribution in [2.45, 2.75) is 56.5 Å². The lowest BCUT2D eigenvalue weighted by Gasteiger charge is -2.33. The Labute approximate surface area is 257 Å². The maximum Gasteiger partial charge on any atom is 0.343 e. The highest BCUT2D eigenvalue weighted by atomic mass is 16.7. The average Bonchev–Trinajstić information content (AvgIpc) is 3.37. The number of rotatable bonds is 12. The standard InChI is InChI=1S/C30H33N5O10/c31-29(32)33-19-3-1-18(2-4-19)28(43)44-20-5-6-21(17-9-11-35(12-10-17)24(36)7-8-25(37)38)22(13-20)23-14-30(45-34-23,15-26(39)40)16-27(41)42/h1-6,13,17H,7-12,14-16H2,(H,37,38)(H,39,40)(H,41,42)(H4,31,32,33). The van der Waals surface area contributed by atoms with E-state index < -0.39 is 42.3 Å². The maximum atomic E-state index is 12.9. The Morgan fingerprint density at radius 3 is 2.20 bits per heavy atom. The number of piperidine rings is 1. The number of guanidine groups is 1. The van der Waals surface area contributed by atoms with Gasteiger partial charge in [-0.3, -0.25) is 24.6 Å². The summed E-state index contributed by atoms with van der Waals surface area (Å²) < 4.78 is 5.63. The highest BCUT2D eigenvalue weighted by Gasteiger charge is 2.44. The molecule has 0 aliphatic carbocycles. The van der Waals surface area contributed by atoms with Gasteiger partial charge in [-0.05, 0) is 60.7 Å². The van der Waals surface area contributed by atoms with Crippen molar-refractivity contribution in [3.8, 4) is 5.75 Å². The fourth-order valence-corrected chi connectivity index (χ4v) is 5.50. The molecule has 0 atom stereocenters. The van der Waals surface area contributed by atoms with E-state index in [9.17, 15) is 34.2 Å². The van der Waals surface area contributed by atoms with Gasteiger partial charge in [-0.1, -0.05) is 11.2 Å². The second kappa shape index (κ2) is 13.9. The molecule has 0 aromatic heterocycles. The van der Waals surface area contributed by atoms with Gasteiger partial charge >= 0.3 is 23.9 Å². The predicted octanol–water partition coefficient (Wildman–Crippen LogP) is 2.59. The average molecular weight is 624 g/mol. The molecule has 0 saturated carbocycles. The zero-order chi connectivity index (χ0) is 32.7. The first-order valence-electron chi connectivity index (χ1n) is 14.1. The van der Waals surface area contributed by atoms with Crippen molar-refractivity contribution < 1.29 is 48.9 Å². The van der Waals surface area contributed by atoms with E-state index in [-0.39, 0.29) is 48.4 Å². The number of nitrogens with zero attached hydrogens (tertiary/aromatic N) is 2. The summed E-state index contributed by atoms with van der Waals surface area (Å²) in [6.07, 6.45) is -0.581. The Kier molecular flexibility index (Phi) is 10.0. The van der Waals surface area contributed by atoms with Crippen LogP contribution in [0.25, 0.3) is 0 Å². The van der Waals surface area contributed by atoms with Gasteiger partial charge in [-0.15, -0.1) is 0 Å². The van der Waals surface area contributed by atoms with E-state index in [1.807, 2.05) is 0 Å². The van der Waals surface area contributed by atoms with Crippen LogP contribution in [0.3, 0.4) is 0 Å². The lowest BCUT2D eigenvalue weighted by molar-refractivity contribution is -0.151. The lowest BCUT2D eigenvalue weighted by atomic mass is 9.82. The fraction of sp³-hybridized carbons (Fsp3) is 0.367. The summed E-state index contributed by atoms with van der Waals surface area (Å²) >= 11 is 0. The summed E-state index contributed by atoms with van der Waals surface area (Å²) in [5, 5.41) is 41.8. The maximum absolute atomic E-state index is 12.9. The molecule has 4 rings (SSSR count). The number of benzene rings is 2. The van der Waals surface area contributed by atoms with Crippen LogP contribution >= 0.6 is 0 Å². The molecular formula is C30H33N5O10. The first-order chi connectivity index (χ1) is 21.3. The van der Waals surface area contributed by atoms with Crippen molar-refractivity contribution >= 4 is 47.1 Å². The molecule has 0 bridgehead atoms. The van der Waals surface area contributed by atoms with Crippen molar-refractivity contribution in [1.82, 2.24) is 4.90 Å². The van der Waals surface area contributed by atoms with Crippen molar-refractivity contribution in [1.29, 1.82) is 5.41 Å². The van der Waals surface area contributed by atoms with E-state index in [0.717, 1.165) is 5.56 Å². The van der Waals surface area contributed by atoms with Crippen LogP contribution in [0.2, 0.25) is 0 Å². The summed E-state index contributed by atoms with van der Waals surface area (Å²) in [6, 6.07) is 11.0. The molecule has 2 aromatic rings. The molecule has 238 valence electrons. The van der Waals surface area contributed by atoms with E-state index in [1.54, 1.807) is 35.2 Å². The summed E-state index contributed by atoms with van der Waals surface area (Å²) in [5.41, 5.74) is 6.02. The van der Waals surface area contributed by atoms with Crippen molar-refractivity contribution in [2.24, 2.45) is 10.9 Å². The minimum atomic E-state index is -1.60. The number of amides is 1. The number of likely N-dealkylation sites (tertiary alicyclic amines) is 1. The third-order valence-electron chi connectivity index (χ3n) is 7.57. The second-order valence-corrected chi connectivity index (χ2v) is 10.9. The number of hydrogen-bond donors (Lipinski definition) is 6. The molecule has 1 saturated heterocycles. The molecule has 2 heterocycles. The topological polar surface area (TPSA) is 242 Å². The van der Waals surface area contributed by atoms with Crippen molar-refractivity contribution in [3.63, 3.8) is 0 Å². The Balaban J connectivity index is 1.59. The van der Waals surface area contributed by atoms with E-state index >= 15 is 0 Å². The van der Waals surface area contributed by atoms with E-state index in [0.29, 0.717) is 42.9 Å². The third kappa shape index (κ3) is 8.55. The van der Waals surface area contributed by atoms with Crippen LogP contribution in [0, 0.1) is 5.41 Å². The molecular weight excluding hydrogens is 590 g/mol. The molecule has 2 aliphatic rings. The Bertz CT molecular complexity index is 1510. The number of nitrogens with two attached hydrogens (primary N) is 1. The van der Waals surface area contributed by atoms with Crippen LogP contribution in [0.1, 0.15) is 72.3 Å². The molecule has 15 heteroatoms. The Hall–Kier alpha value is -5.47. The minimum Gasteiger partial charge on any atom is -0.481 e. The number of oxime groups is 1. The molecule has 0 unspecified atom stereocenters. The number of ether oxygens (including phenoxy) is 1. The number of carboxylic acids is 3. The van der Waals surface area contributed by atoms with Gasteiger partial charge in [-0.2, -0.15) is 0 Å². The molecule has 0 spiro atoms. The van der Waals surface area contributed by atoms with Gasteiger partial charge in [0.15, 0.2) is 11.6 Å². The fourth-order valence-electron chi connectivity index (χ4n) is 5.50. The van der Waals surface area contributed by atoms with Crippen LogP contribution in [-0.2, 0) is 24.0 Å². The number of carbonyl (C=O) groups excluding carboxylic acids is 2. The van der Waals surface area contributed by atoms with Gasteiger partial charge in [0.1, 0.15) is 5.75 Å². The first kappa shape index (κ1) is 32.4. The van der Waals surface area contributed by atoms with Gasteiger partial charge in [0.25, 0.3) is 0 Å². The molecule has 2 aromatic carbocycles. The summed E-state index contributed by atoms with van der Waals surface area (Å²) in [6.45, 7) is 0.775. The number of carbonyl (C=O) groups is 5. The van der Waals surface area contributed by atoms with Gasteiger partial charge < -0.3 is 40.8 Å². The van der Waals surface area contributed by atoms with Crippen LogP contribution in [0.15, 0.2) is 47.6 Å². The summed E-state index contributed by atoms with van der Waals surface area (Å²) in [7, 11) is 0. The van der Waals surface area contributed by atoms with Crippen LogP contribution in [0.5, 0.6) is 5.75 Å². The molecule has 2 aliphatic heterocycles. The number of nitrogens with one attached hydrogen (secondary N) is 2. The molecule has 0 radical (unpaired) electrons. The van der Waals surface area contributed by atoms with Crippen LogP contribution in [0.4, 0.5) is 5.69 Å². The van der Waals surface area contributed by atoms with E-state index in [2.05, 4.69) is 10.5 Å². The first-order valence-corrected chi connectivity index (χ1v) is 14.1. The molecule has 1 fully saturated rings. The number of anilines is 1. The van der Waals surface area contributed by atoms with Gasteiger partial charge in [0.05, 0.1) is 30.5 Å². The number of carboxylic acid groups (broad SMARTS) is 3. The summed E-state index contributed by atoms with van der Waals surface area (Å²) in [4.78, 5) is 66.5. The monoisotopic (exact) mass is 623 g/mol. The largest absolute Gasteiger partial charge is 0.481 e. The lowest BCUT2D eigenvalue weighted by Crippen LogP contribution is -2.38. The predicted molar refractivity (Wildman–Crippen MR) is 158 cm³/mol. The quantitative estimate of drug-likeness (QED) is 0.0865. The van der Waals surface area contributed by atoms with E-state index in [1.165, 1.54) is 12.1 Å². The minimum absolute atomic E-state index is 0.0914. The van der Waals surface area contributed by atoms with Gasteiger partial charge in [-0.25, -0.2) is 4.79 Å². The van der Waals surface area contributed by atoms with Crippen LogP contribution in [-0.4, -0.2) is 80.4 Å². The second-order valence-electron chi connectivity index (χ2n) is 10.9. The number of hydrogen-bond acceptors (Lipinski definition) is 9. The number of aliphatic carboxylic acids is 3. The smallest absolute Gasteiger partial charge is 0.343 e. The van der Waals surface area contributed by atoms with Crippen LogP contribution < -0.4 is 15.8 Å². The van der Waals surface area contributed by atoms with Gasteiger partial charge in [0, 0.05) is 37.2 Å². The summed E-state index contributed by atoms with van der Waals surface area (Å²) in [5.74, 6) is -4.67. The van der Waals surface area contributed by atoms with Gasteiger partial charge in [0.2, 0.25) is 5.91 Å². The molecule has 7 N–H and O–H groups in total. The highest BCUT2D eigenvalue weighted by Crippen LogP contribution is 2.39. The zero-order valence-corrected chi connectivity index (χ0v) is 24.2. The molecule has 45 heavy (non-hydrogen) atoms. The number of esters is 1. The zero-order valence-electron chi connectivity index (χ0n) is 24.2. The normalized spacial score (nSPS) is 15.8. The van der Waals surface area contributed by atoms with Crippen molar-refractivity contribution in [2.75, 3.05) is 18.4 Å². The van der Waals surface area contributed by atoms with E-state index in [4.69, 9.17) is 25.8 Å². The van der Waals surface area contributed by atoms with Crippen molar-refractivity contribution in [3.05, 3.63) is 59.2 Å². The Morgan fingerprint density at radius 1 is 0.978 bits per heavy atom. The Morgan fingerprint density at radius 2 is 1.62 bits per heavy atom. The highest BCUT2D eigenvalue weighted by molar-refractivity contribution is 6.04. The third-order valence-corrected chi connectivity index (χ3v) is 7.57. The molecule has 15 nitrogen and oxygen atoms in total.